The molecule has 0 aliphatic rings. The maximum Gasteiger partial charge on any atom is 0.221 e. The molecular formula is C15H16Cl2N2O. The molecule has 2 aromatic rings. The molecule has 0 saturated heterocycles. The van der Waals surface area contributed by atoms with E-state index in [1.807, 2.05) is 31.2 Å². The van der Waals surface area contributed by atoms with Crippen LogP contribution in [0.4, 0.5) is 0 Å². The van der Waals surface area contributed by atoms with Crippen LogP contribution < -0.4 is 4.74 Å². The number of hydrogen-bond acceptors (Lipinski definition) is 3. The number of benzene rings is 1. The zero-order valence-corrected chi connectivity index (χ0v) is 13.0. The van der Waals surface area contributed by atoms with Gasteiger partial charge in [0, 0.05) is 17.0 Å². The summed E-state index contributed by atoms with van der Waals surface area (Å²) < 4.78 is 5.75. The second-order valence-electron chi connectivity index (χ2n) is 4.53. The van der Waals surface area contributed by atoms with Crippen LogP contribution in [-0.4, -0.2) is 9.97 Å². The van der Waals surface area contributed by atoms with E-state index < -0.39 is 0 Å². The molecule has 3 nitrogen and oxygen atoms in total. The van der Waals surface area contributed by atoms with Crippen molar-refractivity contribution in [3.05, 3.63) is 51.4 Å². The normalized spacial score (nSPS) is 10.6. The Morgan fingerprint density at radius 3 is 2.70 bits per heavy atom. The molecule has 0 saturated carbocycles. The predicted molar refractivity (Wildman–Crippen MR) is 81.6 cm³/mol. The van der Waals surface area contributed by atoms with Crippen LogP contribution >= 0.6 is 23.2 Å². The summed E-state index contributed by atoms with van der Waals surface area (Å²) in [6.07, 6.45) is 1.75. The minimum atomic E-state index is 0.403. The fourth-order valence-electron chi connectivity index (χ4n) is 1.77. The zero-order valence-electron chi connectivity index (χ0n) is 11.5. The van der Waals surface area contributed by atoms with Crippen LogP contribution in [0.15, 0.2) is 24.3 Å². The van der Waals surface area contributed by atoms with Gasteiger partial charge in [-0.25, -0.2) is 4.98 Å². The summed E-state index contributed by atoms with van der Waals surface area (Å²) in [4.78, 5) is 8.66. The molecule has 1 aromatic heterocycles. The van der Waals surface area contributed by atoms with Crippen molar-refractivity contribution in [3.63, 3.8) is 0 Å². The number of nitrogens with zero attached hydrogens (tertiary/aromatic N) is 2. The molecular weight excluding hydrogens is 295 g/mol. The highest BCUT2D eigenvalue weighted by Crippen LogP contribution is 2.23. The van der Waals surface area contributed by atoms with Crippen molar-refractivity contribution in [2.24, 2.45) is 0 Å². The molecule has 0 bridgehead atoms. The molecule has 2 rings (SSSR count). The molecule has 0 atom stereocenters. The molecule has 0 radical (unpaired) electrons. The highest BCUT2D eigenvalue weighted by molar-refractivity contribution is 6.30. The molecule has 0 amide bonds. The van der Waals surface area contributed by atoms with E-state index in [-0.39, 0.29) is 0 Å². The van der Waals surface area contributed by atoms with Crippen molar-refractivity contribution in [2.45, 2.75) is 33.3 Å². The third kappa shape index (κ3) is 3.84. The van der Waals surface area contributed by atoms with Crippen LogP contribution in [0.1, 0.15) is 30.3 Å². The molecule has 0 N–H and O–H groups in total. The molecule has 106 valence electrons. The maximum atomic E-state index is 6.11. The first kappa shape index (κ1) is 15.1. The Morgan fingerprint density at radius 2 is 2.00 bits per heavy atom. The lowest BCUT2D eigenvalue weighted by atomic mass is 10.2. The van der Waals surface area contributed by atoms with Gasteiger partial charge in [0.25, 0.3) is 0 Å². The Bertz CT molecular complexity index is 602. The molecule has 1 aromatic carbocycles. The molecule has 1 heterocycles. The van der Waals surface area contributed by atoms with Gasteiger partial charge in [-0.3, -0.25) is 0 Å². The van der Waals surface area contributed by atoms with E-state index in [2.05, 4.69) is 16.9 Å². The molecule has 0 aliphatic heterocycles. The van der Waals surface area contributed by atoms with Crippen molar-refractivity contribution in [2.75, 3.05) is 0 Å². The Hall–Kier alpha value is -1.32. The van der Waals surface area contributed by atoms with E-state index in [0.29, 0.717) is 28.5 Å². The smallest absolute Gasteiger partial charge is 0.221 e. The van der Waals surface area contributed by atoms with Gasteiger partial charge in [-0.1, -0.05) is 42.3 Å². The minimum Gasteiger partial charge on any atom is -0.472 e. The Morgan fingerprint density at radius 1 is 1.20 bits per heavy atom. The van der Waals surface area contributed by atoms with Crippen molar-refractivity contribution in [1.29, 1.82) is 0 Å². The first-order chi connectivity index (χ1) is 9.60. The average Bonchev–Trinajstić information content (AvgIpc) is 2.41. The maximum absolute atomic E-state index is 6.11. The summed E-state index contributed by atoms with van der Waals surface area (Å²) in [5.74, 6) is 1.25. The third-order valence-electron chi connectivity index (χ3n) is 2.83. The molecule has 0 aliphatic carbocycles. The molecule has 0 unspecified atom stereocenters. The van der Waals surface area contributed by atoms with Gasteiger partial charge in [0.2, 0.25) is 5.88 Å². The van der Waals surface area contributed by atoms with Crippen LogP contribution in [0.5, 0.6) is 5.88 Å². The summed E-state index contributed by atoms with van der Waals surface area (Å²) >= 11 is 12.1. The quantitative estimate of drug-likeness (QED) is 0.756. The number of aryl methyl sites for hydroxylation is 1. The van der Waals surface area contributed by atoms with Gasteiger partial charge in [-0.2, -0.15) is 4.98 Å². The van der Waals surface area contributed by atoms with E-state index in [1.165, 1.54) is 0 Å². The number of aromatic nitrogens is 2. The van der Waals surface area contributed by atoms with E-state index in [4.69, 9.17) is 27.9 Å². The molecule has 0 fully saturated rings. The van der Waals surface area contributed by atoms with Crippen molar-refractivity contribution in [1.82, 2.24) is 9.97 Å². The summed E-state index contributed by atoms with van der Waals surface area (Å²) in [6, 6.07) is 7.55. The van der Waals surface area contributed by atoms with Gasteiger partial charge in [-0.05, 0) is 31.0 Å². The van der Waals surface area contributed by atoms with Gasteiger partial charge >= 0.3 is 0 Å². The number of hydrogen-bond donors (Lipinski definition) is 0. The fraction of sp³-hybridized carbons (Fsp3) is 0.333. The van der Waals surface area contributed by atoms with Crippen molar-refractivity contribution >= 4 is 23.2 Å². The van der Waals surface area contributed by atoms with Crippen molar-refractivity contribution < 1.29 is 4.74 Å². The van der Waals surface area contributed by atoms with Gasteiger partial charge in [-0.15, -0.1) is 0 Å². The second kappa shape index (κ2) is 6.91. The Kier molecular flexibility index (Phi) is 5.21. The van der Waals surface area contributed by atoms with E-state index in [0.717, 1.165) is 24.0 Å². The first-order valence-electron chi connectivity index (χ1n) is 6.50. The van der Waals surface area contributed by atoms with E-state index in [9.17, 15) is 0 Å². The summed E-state index contributed by atoms with van der Waals surface area (Å²) in [6.45, 7) is 4.33. The lowest BCUT2D eigenvalue weighted by molar-refractivity contribution is 0.290. The number of halogens is 2. The van der Waals surface area contributed by atoms with Gasteiger partial charge in [0.05, 0.1) is 0 Å². The number of rotatable bonds is 5. The Balaban J connectivity index is 2.16. The lowest BCUT2D eigenvalue weighted by Gasteiger charge is -2.10. The highest BCUT2D eigenvalue weighted by Gasteiger charge is 2.10. The van der Waals surface area contributed by atoms with Crippen molar-refractivity contribution in [3.8, 4) is 5.88 Å². The van der Waals surface area contributed by atoms with Gasteiger partial charge in [0.15, 0.2) is 0 Å². The van der Waals surface area contributed by atoms with E-state index in [1.54, 1.807) is 0 Å². The third-order valence-corrected chi connectivity index (χ3v) is 3.43. The summed E-state index contributed by atoms with van der Waals surface area (Å²) in [5, 5.41) is 1.14. The second-order valence-corrected chi connectivity index (χ2v) is 5.32. The van der Waals surface area contributed by atoms with Crippen LogP contribution in [0.2, 0.25) is 10.2 Å². The molecule has 5 heteroatoms. The molecule has 20 heavy (non-hydrogen) atoms. The molecule has 0 spiro atoms. The van der Waals surface area contributed by atoms with E-state index >= 15 is 0 Å². The minimum absolute atomic E-state index is 0.403. The zero-order chi connectivity index (χ0) is 14.5. The summed E-state index contributed by atoms with van der Waals surface area (Å²) in [5.41, 5.74) is 1.75. The van der Waals surface area contributed by atoms with Crippen LogP contribution in [0.3, 0.4) is 0 Å². The van der Waals surface area contributed by atoms with Crippen LogP contribution in [0.25, 0.3) is 0 Å². The average molecular weight is 311 g/mol. The topological polar surface area (TPSA) is 35.0 Å². The van der Waals surface area contributed by atoms with Crippen LogP contribution in [-0.2, 0) is 13.0 Å². The van der Waals surface area contributed by atoms with Crippen LogP contribution in [0, 0.1) is 6.92 Å². The fourth-order valence-corrected chi connectivity index (χ4v) is 2.16. The SMILES string of the molecule is CCCc1nc(Cl)c(C)c(OCc2cccc(Cl)c2)n1. The van der Waals surface area contributed by atoms with Gasteiger partial charge < -0.3 is 4.74 Å². The Labute approximate surface area is 128 Å². The predicted octanol–water partition coefficient (Wildman–Crippen LogP) is 4.62. The lowest BCUT2D eigenvalue weighted by Crippen LogP contribution is -2.04. The largest absolute Gasteiger partial charge is 0.472 e. The standard InChI is InChI=1S/C15H16Cl2N2O/c1-3-5-13-18-14(17)10(2)15(19-13)20-9-11-6-4-7-12(16)8-11/h4,6-8H,3,5,9H2,1-2H3. The van der Waals surface area contributed by atoms with Gasteiger partial charge in [0.1, 0.15) is 17.6 Å². The number of ether oxygens (including phenoxy) is 1. The summed E-state index contributed by atoms with van der Waals surface area (Å²) in [7, 11) is 0. The first-order valence-corrected chi connectivity index (χ1v) is 7.26. The highest BCUT2D eigenvalue weighted by atomic mass is 35.5. The monoisotopic (exact) mass is 310 g/mol.